The van der Waals surface area contributed by atoms with Crippen LogP contribution in [-0.2, 0) is 14.3 Å². The number of carbonyl (C=O) groups is 2. The molecule has 0 aromatic carbocycles. The summed E-state index contributed by atoms with van der Waals surface area (Å²) in [5.74, 6) is 0.0188. The fourth-order valence-electron chi connectivity index (χ4n) is 0.859. The first-order chi connectivity index (χ1) is 7.20. The summed E-state index contributed by atoms with van der Waals surface area (Å²) in [6, 6.07) is 0. The second-order valence-corrected chi connectivity index (χ2v) is 2.81. The van der Waals surface area contributed by atoms with Crippen LogP contribution in [0.25, 0.3) is 0 Å². The van der Waals surface area contributed by atoms with Crippen LogP contribution in [0.5, 0.6) is 0 Å². The van der Waals surface area contributed by atoms with Crippen molar-refractivity contribution in [3.05, 3.63) is 24.8 Å². The fourth-order valence-corrected chi connectivity index (χ4v) is 0.859. The highest BCUT2D eigenvalue weighted by Crippen LogP contribution is 1.97. The summed E-state index contributed by atoms with van der Waals surface area (Å²) in [4.78, 5) is 21.6. The molecule has 0 rings (SSSR count). The van der Waals surface area contributed by atoms with Crippen molar-refractivity contribution in [2.24, 2.45) is 0 Å². The summed E-state index contributed by atoms with van der Waals surface area (Å²) >= 11 is 0. The van der Waals surface area contributed by atoms with Gasteiger partial charge in [0.15, 0.2) is 5.78 Å². The Morgan fingerprint density at radius 2 is 2.13 bits per heavy atom. The lowest BCUT2D eigenvalue weighted by atomic mass is 10.1. The minimum Gasteiger partial charge on any atom is -0.438 e. The maximum absolute atomic E-state index is 11.1. The summed E-state index contributed by atoms with van der Waals surface area (Å²) < 4.78 is 8.80. The van der Waals surface area contributed by atoms with Gasteiger partial charge in [-0.15, -0.1) is 6.58 Å². The predicted molar refractivity (Wildman–Crippen MR) is 56.6 cm³/mol. The van der Waals surface area contributed by atoms with Gasteiger partial charge in [-0.2, -0.15) is 0 Å². The van der Waals surface area contributed by atoms with E-state index in [9.17, 15) is 9.59 Å². The Bertz CT molecular complexity index is 243. The normalized spacial score (nSPS) is 9.93. The smallest absolute Gasteiger partial charge is 0.438 e. The van der Waals surface area contributed by atoms with Crippen molar-refractivity contribution in [3.63, 3.8) is 0 Å². The summed E-state index contributed by atoms with van der Waals surface area (Å²) in [7, 11) is 1.23. The van der Waals surface area contributed by atoms with Gasteiger partial charge in [-0.1, -0.05) is 6.08 Å². The average Bonchev–Trinajstić information content (AvgIpc) is 2.24. The van der Waals surface area contributed by atoms with Gasteiger partial charge in [0.25, 0.3) is 0 Å². The maximum Gasteiger partial charge on any atom is 0.508 e. The number of rotatable bonds is 7. The van der Waals surface area contributed by atoms with Gasteiger partial charge in [0.2, 0.25) is 0 Å². The number of methoxy groups -OCH3 is 1. The number of ether oxygens (including phenoxy) is 2. The largest absolute Gasteiger partial charge is 0.508 e. The molecular weight excluding hydrogens is 196 g/mol. The minimum atomic E-state index is -0.751. The van der Waals surface area contributed by atoms with E-state index in [0.29, 0.717) is 6.42 Å². The second-order valence-electron chi connectivity index (χ2n) is 2.81. The Balaban J connectivity index is 3.54. The molecule has 0 atom stereocenters. The van der Waals surface area contributed by atoms with Crippen LogP contribution in [0.3, 0.4) is 0 Å². The average molecular weight is 212 g/mol. The Kier molecular flexibility index (Phi) is 8.05. The third kappa shape index (κ3) is 8.74. The molecule has 0 N–H and O–H groups in total. The van der Waals surface area contributed by atoms with Crippen LogP contribution in [0.4, 0.5) is 4.79 Å². The molecule has 15 heavy (non-hydrogen) atoms. The molecule has 0 amide bonds. The molecule has 0 bridgehead atoms. The van der Waals surface area contributed by atoms with E-state index in [1.165, 1.54) is 19.3 Å². The van der Waals surface area contributed by atoms with E-state index in [4.69, 9.17) is 0 Å². The Hall–Kier alpha value is -1.58. The van der Waals surface area contributed by atoms with Crippen LogP contribution in [-0.4, -0.2) is 25.7 Å². The van der Waals surface area contributed by atoms with Gasteiger partial charge in [-0.05, 0) is 25.0 Å². The van der Waals surface area contributed by atoms with E-state index in [2.05, 4.69) is 16.1 Å². The summed E-state index contributed by atoms with van der Waals surface area (Å²) in [6.45, 7) is 3.62. The number of ketones is 1. The van der Waals surface area contributed by atoms with Crippen molar-refractivity contribution >= 4 is 11.9 Å². The van der Waals surface area contributed by atoms with E-state index in [0.717, 1.165) is 12.8 Å². The summed E-state index contributed by atoms with van der Waals surface area (Å²) in [5, 5.41) is 0. The summed E-state index contributed by atoms with van der Waals surface area (Å²) in [6.07, 6.45) is 6.04. The highest BCUT2D eigenvalue weighted by Gasteiger charge is 1.97. The molecule has 0 aliphatic carbocycles. The van der Waals surface area contributed by atoms with Crippen molar-refractivity contribution in [3.8, 4) is 0 Å². The molecule has 0 radical (unpaired) electrons. The van der Waals surface area contributed by atoms with Gasteiger partial charge in [0.05, 0.1) is 7.11 Å². The standard InChI is InChI=1S/C11H16O4/c1-3-4-5-7-10(12)8-6-9-15-11(13)14-2/h3,6,8H,1,4-5,7,9H2,2H3/b8-6+. The van der Waals surface area contributed by atoms with Crippen LogP contribution >= 0.6 is 0 Å². The van der Waals surface area contributed by atoms with Crippen molar-refractivity contribution in [1.29, 1.82) is 0 Å². The van der Waals surface area contributed by atoms with Crippen LogP contribution in [0.15, 0.2) is 24.8 Å². The zero-order valence-corrected chi connectivity index (χ0v) is 8.90. The number of hydrogen-bond acceptors (Lipinski definition) is 4. The third-order valence-electron chi connectivity index (χ3n) is 1.60. The monoisotopic (exact) mass is 212 g/mol. The Labute approximate surface area is 89.6 Å². The SMILES string of the molecule is C=CCCCC(=O)/C=C/COC(=O)OC. The van der Waals surface area contributed by atoms with Crippen molar-refractivity contribution < 1.29 is 19.1 Å². The maximum atomic E-state index is 11.1. The van der Waals surface area contributed by atoms with Crippen molar-refractivity contribution in [2.75, 3.05) is 13.7 Å². The lowest BCUT2D eigenvalue weighted by molar-refractivity contribution is -0.114. The predicted octanol–water partition coefficient (Wildman–Crippen LogP) is 2.25. The number of hydrogen-bond donors (Lipinski definition) is 0. The molecule has 0 spiro atoms. The molecule has 0 aromatic rings. The highest BCUT2D eigenvalue weighted by atomic mass is 16.7. The van der Waals surface area contributed by atoms with Gasteiger partial charge in [0, 0.05) is 6.42 Å². The van der Waals surface area contributed by atoms with E-state index < -0.39 is 6.16 Å². The molecule has 4 heteroatoms. The minimum absolute atomic E-state index is 0.0188. The molecule has 0 fully saturated rings. The van der Waals surface area contributed by atoms with Crippen LogP contribution < -0.4 is 0 Å². The first kappa shape index (κ1) is 13.4. The summed E-state index contributed by atoms with van der Waals surface area (Å²) in [5.41, 5.74) is 0. The van der Waals surface area contributed by atoms with Gasteiger partial charge >= 0.3 is 6.16 Å². The van der Waals surface area contributed by atoms with E-state index in [1.54, 1.807) is 6.08 Å². The van der Waals surface area contributed by atoms with Gasteiger partial charge in [-0.25, -0.2) is 4.79 Å². The van der Waals surface area contributed by atoms with E-state index >= 15 is 0 Å². The molecule has 0 aliphatic rings. The molecule has 0 unspecified atom stereocenters. The molecule has 0 heterocycles. The Morgan fingerprint density at radius 3 is 2.73 bits per heavy atom. The fraction of sp³-hybridized carbons (Fsp3) is 0.455. The number of carbonyl (C=O) groups excluding carboxylic acids is 2. The Morgan fingerprint density at radius 1 is 1.40 bits per heavy atom. The van der Waals surface area contributed by atoms with Gasteiger partial charge in [0.1, 0.15) is 6.61 Å². The molecule has 0 aromatic heterocycles. The van der Waals surface area contributed by atoms with Crippen LogP contribution in [0.2, 0.25) is 0 Å². The molecule has 0 saturated heterocycles. The second kappa shape index (κ2) is 8.99. The lowest BCUT2D eigenvalue weighted by Gasteiger charge is -1.97. The van der Waals surface area contributed by atoms with Crippen molar-refractivity contribution in [2.45, 2.75) is 19.3 Å². The number of allylic oxidation sites excluding steroid dienone is 2. The first-order valence-electron chi connectivity index (χ1n) is 4.71. The molecular formula is C11H16O4. The van der Waals surface area contributed by atoms with Gasteiger partial charge in [-0.3, -0.25) is 4.79 Å². The quantitative estimate of drug-likeness (QED) is 0.281. The zero-order chi connectivity index (χ0) is 11.5. The van der Waals surface area contributed by atoms with E-state index in [-0.39, 0.29) is 12.4 Å². The molecule has 4 nitrogen and oxygen atoms in total. The highest BCUT2D eigenvalue weighted by molar-refractivity contribution is 5.89. The number of unbranched alkanes of at least 4 members (excludes halogenated alkanes) is 1. The van der Waals surface area contributed by atoms with E-state index in [1.807, 2.05) is 0 Å². The topological polar surface area (TPSA) is 52.6 Å². The molecule has 0 aliphatic heterocycles. The molecule has 0 saturated carbocycles. The molecule has 84 valence electrons. The van der Waals surface area contributed by atoms with Gasteiger partial charge < -0.3 is 9.47 Å². The third-order valence-corrected chi connectivity index (χ3v) is 1.60. The van der Waals surface area contributed by atoms with Crippen molar-refractivity contribution in [1.82, 2.24) is 0 Å². The lowest BCUT2D eigenvalue weighted by Crippen LogP contribution is -2.04. The van der Waals surface area contributed by atoms with Crippen LogP contribution in [0.1, 0.15) is 19.3 Å². The van der Waals surface area contributed by atoms with Crippen LogP contribution in [0, 0.1) is 0 Å². The first-order valence-corrected chi connectivity index (χ1v) is 4.71. The zero-order valence-electron chi connectivity index (χ0n) is 8.90.